The van der Waals surface area contributed by atoms with Crippen molar-refractivity contribution in [3.05, 3.63) is 70.0 Å². The summed E-state index contributed by atoms with van der Waals surface area (Å²) in [6.45, 7) is 2.03. The minimum atomic E-state index is -0.356. The van der Waals surface area contributed by atoms with Crippen LogP contribution in [-0.2, 0) is 0 Å². The summed E-state index contributed by atoms with van der Waals surface area (Å²) >= 11 is 0. The molecule has 0 amide bonds. The van der Waals surface area contributed by atoms with E-state index in [1.165, 1.54) is 0 Å². The largest absolute Gasteiger partial charge is 0.370 e. The number of anilines is 1. The lowest BCUT2D eigenvalue weighted by Gasteiger charge is -2.28. The molecule has 0 spiro atoms. The molecule has 1 aliphatic rings. The Bertz CT molecular complexity index is 1010. The third-order valence-electron chi connectivity index (χ3n) is 4.04. The van der Waals surface area contributed by atoms with Crippen molar-refractivity contribution < 1.29 is 0 Å². The Balaban J connectivity index is 2.08. The van der Waals surface area contributed by atoms with Gasteiger partial charge in [0, 0.05) is 0 Å². The Kier molecular flexibility index (Phi) is 2.90. The van der Waals surface area contributed by atoms with Crippen LogP contribution >= 0.6 is 0 Å². The van der Waals surface area contributed by atoms with Gasteiger partial charge in [0.1, 0.15) is 0 Å². The van der Waals surface area contributed by atoms with Crippen LogP contribution in [0.25, 0.3) is 10.9 Å². The Morgan fingerprint density at radius 2 is 1.87 bits per heavy atom. The van der Waals surface area contributed by atoms with Crippen LogP contribution in [0.1, 0.15) is 17.3 Å². The standard InChI is InChI=1S/C17H15N5O/c1-10-6-2-3-7-11(10)14-19-16(18)21-17-20-15(23)12-8-4-5-9-13(12)22(14)17/h2-9,14H,1H3,(H3,18,19,20,21,23)/t14-/m1/s1. The Morgan fingerprint density at radius 3 is 2.70 bits per heavy atom. The number of nitrogens with two attached hydrogens (primary N) is 1. The molecular weight excluding hydrogens is 290 g/mol. The van der Waals surface area contributed by atoms with Crippen molar-refractivity contribution in [1.82, 2.24) is 9.55 Å². The Hall–Kier alpha value is -3.15. The predicted octanol–water partition coefficient (Wildman–Crippen LogP) is 1.99. The quantitative estimate of drug-likeness (QED) is 0.720. The first-order chi connectivity index (χ1) is 11.1. The normalized spacial score (nSPS) is 16.6. The van der Waals surface area contributed by atoms with Crippen LogP contribution in [0.3, 0.4) is 0 Å². The number of nitrogens with zero attached hydrogens (tertiary/aromatic N) is 3. The molecule has 3 aromatic rings. The highest BCUT2D eigenvalue weighted by atomic mass is 16.1. The molecule has 2 aromatic carbocycles. The zero-order chi connectivity index (χ0) is 16.0. The number of aliphatic imine (C=N–C) groups is 1. The summed E-state index contributed by atoms with van der Waals surface area (Å²) < 4.78 is 1.91. The number of nitrogens with one attached hydrogen (secondary N) is 1. The molecule has 0 saturated carbocycles. The third kappa shape index (κ3) is 2.07. The van der Waals surface area contributed by atoms with Crippen LogP contribution in [0, 0.1) is 6.92 Å². The van der Waals surface area contributed by atoms with Crippen molar-refractivity contribution in [2.75, 3.05) is 5.32 Å². The lowest BCUT2D eigenvalue weighted by atomic mass is 10.1. The fourth-order valence-electron chi connectivity index (χ4n) is 2.95. The number of para-hydroxylation sites is 1. The second kappa shape index (κ2) is 4.95. The summed E-state index contributed by atoms with van der Waals surface area (Å²) in [4.78, 5) is 20.9. The van der Waals surface area contributed by atoms with E-state index in [-0.39, 0.29) is 17.7 Å². The molecule has 6 heteroatoms. The van der Waals surface area contributed by atoms with Gasteiger partial charge in [-0.1, -0.05) is 36.4 Å². The van der Waals surface area contributed by atoms with E-state index in [1.807, 2.05) is 54.0 Å². The smallest absolute Gasteiger partial charge is 0.282 e. The van der Waals surface area contributed by atoms with Gasteiger partial charge in [-0.05, 0) is 30.2 Å². The van der Waals surface area contributed by atoms with Gasteiger partial charge in [-0.25, -0.2) is 4.99 Å². The fourth-order valence-corrected chi connectivity index (χ4v) is 2.95. The van der Waals surface area contributed by atoms with Crippen LogP contribution in [0.5, 0.6) is 0 Å². The molecule has 0 radical (unpaired) electrons. The highest BCUT2D eigenvalue weighted by molar-refractivity contribution is 5.93. The van der Waals surface area contributed by atoms with Crippen molar-refractivity contribution in [1.29, 1.82) is 0 Å². The minimum absolute atomic E-state index is 0.250. The average Bonchev–Trinajstić information content (AvgIpc) is 2.54. The van der Waals surface area contributed by atoms with Crippen molar-refractivity contribution in [2.24, 2.45) is 10.7 Å². The van der Waals surface area contributed by atoms with Gasteiger partial charge in [0.05, 0.1) is 10.9 Å². The van der Waals surface area contributed by atoms with E-state index in [0.29, 0.717) is 11.3 Å². The van der Waals surface area contributed by atoms with Gasteiger partial charge in [-0.2, -0.15) is 4.98 Å². The van der Waals surface area contributed by atoms with E-state index in [0.717, 1.165) is 16.6 Å². The molecular formula is C17H15N5O. The number of aryl methyl sites for hydroxylation is 1. The zero-order valence-corrected chi connectivity index (χ0v) is 12.5. The van der Waals surface area contributed by atoms with E-state index >= 15 is 0 Å². The lowest BCUT2D eigenvalue weighted by Crippen LogP contribution is -2.35. The van der Waals surface area contributed by atoms with Crippen molar-refractivity contribution in [3.8, 4) is 0 Å². The molecule has 23 heavy (non-hydrogen) atoms. The zero-order valence-electron chi connectivity index (χ0n) is 12.5. The van der Waals surface area contributed by atoms with E-state index in [2.05, 4.69) is 15.3 Å². The molecule has 1 atom stereocenters. The molecule has 4 rings (SSSR count). The van der Waals surface area contributed by atoms with Crippen LogP contribution in [0.15, 0.2) is 58.3 Å². The van der Waals surface area contributed by atoms with Crippen molar-refractivity contribution >= 4 is 22.8 Å². The van der Waals surface area contributed by atoms with Crippen molar-refractivity contribution in [3.63, 3.8) is 0 Å². The Labute approximate surface area is 132 Å². The first-order valence-electron chi connectivity index (χ1n) is 7.32. The van der Waals surface area contributed by atoms with Gasteiger partial charge >= 0.3 is 0 Å². The summed E-state index contributed by atoms with van der Waals surface area (Å²) in [5.74, 6) is 0.662. The number of fused-ring (bicyclic) bond motifs is 3. The monoisotopic (exact) mass is 305 g/mol. The number of guanidine groups is 1. The average molecular weight is 305 g/mol. The molecule has 114 valence electrons. The summed E-state index contributed by atoms with van der Waals surface area (Å²) in [6.07, 6.45) is -0.356. The van der Waals surface area contributed by atoms with Gasteiger partial charge in [-0.3, -0.25) is 14.7 Å². The van der Waals surface area contributed by atoms with Crippen LogP contribution < -0.4 is 16.6 Å². The highest BCUT2D eigenvalue weighted by Crippen LogP contribution is 2.31. The summed E-state index contributed by atoms with van der Waals surface area (Å²) in [5, 5.41) is 3.45. The first kappa shape index (κ1) is 13.5. The maximum Gasteiger partial charge on any atom is 0.282 e. The molecule has 3 N–H and O–H groups in total. The topological polar surface area (TPSA) is 85.3 Å². The summed E-state index contributed by atoms with van der Waals surface area (Å²) in [7, 11) is 0. The summed E-state index contributed by atoms with van der Waals surface area (Å²) in [5.41, 5.74) is 8.53. The van der Waals surface area contributed by atoms with E-state index in [4.69, 9.17) is 5.73 Å². The van der Waals surface area contributed by atoms with E-state index in [9.17, 15) is 4.79 Å². The third-order valence-corrected chi connectivity index (χ3v) is 4.04. The molecule has 6 nitrogen and oxygen atoms in total. The first-order valence-corrected chi connectivity index (χ1v) is 7.32. The van der Waals surface area contributed by atoms with Crippen molar-refractivity contribution in [2.45, 2.75) is 13.1 Å². The van der Waals surface area contributed by atoms with Gasteiger partial charge in [0.25, 0.3) is 5.56 Å². The molecule has 2 heterocycles. The molecule has 0 saturated heterocycles. The second-order valence-electron chi connectivity index (χ2n) is 5.50. The SMILES string of the molecule is Cc1ccccc1[C@@H]1N=C(N)Nc2nc(=O)c3ccccc3n21. The number of benzene rings is 2. The molecule has 0 fully saturated rings. The van der Waals surface area contributed by atoms with Gasteiger partial charge in [0.15, 0.2) is 12.1 Å². The van der Waals surface area contributed by atoms with E-state index in [1.54, 1.807) is 6.07 Å². The predicted molar refractivity (Wildman–Crippen MR) is 90.6 cm³/mol. The maximum absolute atomic E-state index is 12.2. The fraction of sp³-hybridized carbons (Fsp3) is 0.118. The number of rotatable bonds is 1. The Morgan fingerprint density at radius 1 is 1.13 bits per heavy atom. The van der Waals surface area contributed by atoms with Gasteiger partial charge in [-0.15, -0.1) is 0 Å². The highest BCUT2D eigenvalue weighted by Gasteiger charge is 2.25. The minimum Gasteiger partial charge on any atom is -0.370 e. The molecule has 0 aliphatic carbocycles. The molecule has 0 bridgehead atoms. The molecule has 1 aromatic heterocycles. The van der Waals surface area contributed by atoms with Crippen LogP contribution in [0.4, 0.5) is 5.95 Å². The van der Waals surface area contributed by atoms with Crippen LogP contribution in [-0.4, -0.2) is 15.5 Å². The summed E-state index contributed by atoms with van der Waals surface area (Å²) in [6, 6.07) is 15.4. The molecule has 0 unspecified atom stereocenters. The van der Waals surface area contributed by atoms with E-state index < -0.39 is 0 Å². The second-order valence-corrected chi connectivity index (χ2v) is 5.50. The maximum atomic E-state index is 12.2. The van der Waals surface area contributed by atoms with Gasteiger partial charge < -0.3 is 5.73 Å². The lowest BCUT2D eigenvalue weighted by molar-refractivity contribution is 0.612. The number of hydrogen-bond acceptors (Lipinski definition) is 5. The number of hydrogen-bond donors (Lipinski definition) is 2. The van der Waals surface area contributed by atoms with Gasteiger partial charge in [0.2, 0.25) is 5.95 Å². The number of aromatic nitrogens is 2. The van der Waals surface area contributed by atoms with Crippen LogP contribution in [0.2, 0.25) is 0 Å². The molecule has 1 aliphatic heterocycles.